The predicted octanol–water partition coefficient (Wildman–Crippen LogP) is 2.77. The number of amides is 1. The van der Waals surface area contributed by atoms with Crippen molar-refractivity contribution >= 4 is 17.3 Å². The van der Waals surface area contributed by atoms with Crippen molar-refractivity contribution in [3.05, 3.63) is 18.2 Å². The van der Waals surface area contributed by atoms with Gasteiger partial charge in [0.25, 0.3) is 0 Å². The summed E-state index contributed by atoms with van der Waals surface area (Å²) in [5.74, 6) is 0.717. The number of benzene rings is 1. The second kappa shape index (κ2) is 7.76. The normalized spacial score (nSPS) is 11.0. The lowest BCUT2D eigenvalue weighted by Gasteiger charge is -2.20. The van der Waals surface area contributed by atoms with E-state index in [-0.39, 0.29) is 11.4 Å². The van der Waals surface area contributed by atoms with Crippen LogP contribution in [-0.2, 0) is 4.79 Å². The van der Waals surface area contributed by atoms with Gasteiger partial charge in [0.15, 0.2) is 0 Å². The highest BCUT2D eigenvalue weighted by Crippen LogP contribution is 2.25. The van der Waals surface area contributed by atoms with Crippen LogP contribution in [0.25, 0.3) is 0 Å². The second-order valence-corrected chi connectivity index (χ2v) is 6.08. The molecule has 0 aliphatic rings. The summed E-state index contributed by atoms with van der Waals surface area (Å²) in [6.07, 6.45) is 1.36. The Morgan fingerprint density at radius 1 is 1.33 bits per heavy atom. The zero-order valence-electron chi connectivity index (χ0n) is 13.5. The van der Waals surface area contributed by atoms with Gasteiger partial charge in [-0.3, -0.25) is 4.79 Å². The fraction of sp³-hybridized carbons (Fsp3) is 0.562. The van der Waals surface area contributed by atoms with Crippen LogP contribution in [-0.4, -0.2) is 24.6 Å². The van der Waals surface area contributed by atoms with Crippen LogP contribution in [0.1, 0.15) is 40.5 Å². The highest BCUT2D eigenvalue weighted by atomic mass is 16.5. The average Bonchev–Trinajstić information content (AvgIpc) is 2.37. The van der Waals surface area contributed by atoms with Crippen molar-refractivity contribution in [2.24, 2.45) is 0 Å². The minimum absolute atomic E-state index is 0.0351. The van der Waals surface area contributed by atoms with Crippen LogP contribution >= 0.6 is 0 Å². The summed E-state index contributed by atoms with van der Waals surface area (Å²) < 4.78 is 5.58. The topological polar surface area (TPSA) is 76.4 Å². The first-order chi connectivity index (χ1) is 9.81. The summed E-state index contributed by atoms with van der Waals surface area (Å²) in [6.45, 7) is 9.16. The largest absolute Gasteiger partial charge is 0.491 e. The molecule has 0 atom stereocenters. The van der Waals surface area contributed by atoms with Gasteiger partial charge >= 0.3 is 0 Å². The SMILES string of the molecule is CCCOc1cc(NCCC(=O)NC(C)(C)C)ccc1N. The van der Waals surface area contributed by atoms with Gasteiger partial charge in [0, 0.05) is 30.3 Å². The first kappa shape index (κ1) is 17.1. The molecule has 4 N–H and O–H groups in total. The van der Waals surface area contributed by atoms with Gasteiger partial charge in [-0.05, 0) is 39.3 Å². The molecule has 0 aliphatic carbocycles. The van der Waals surface area contributed by atoms with Crippen LogP contribution in [0.2, 0.25) is 0 Å². The Kier molecular flexibility index (Phi) is 6.34. The maximum atomic E-state index is 11.7. The highest BCUT2D eigenvalue weighted by Gasteiger charge is 2.13. The maximum Gasteiger partial charge on any atom is 0.222 e. The van der Waals surface area contributed by atoms with Gasteiger partial charge in [0.2, 0.25) is 5.91 Å². The number of carbonyl (C=O) groups excluding carboxylic acids is 1. The molecule has 5 heteroatoms. The molecule has 1 amide bonds. The van der Waals surface area contributed by atoms with E-state index in [9.17, 15) is 4.79 Å². The van der Waals surface area contributed by atoms with Gasteiger partial charge in [0.05, 0.1) is 12.3 Å². The molecule has 0 unspecified atom stereocenters. The molecule has 1 rings (SSSR count). The third-order valence-electron chi connectivity index (χ3n) is 2.67. The standard InChI is InChI=1S/C16H27N3O2/c1-5-10-21-14-11-12(6-7-13(14)17)18-9-8-15(20)19-16(2,3)4/h6-7,11,18H,5,8-10,17H2,1-4H3,(H,19,20). The Morgan fingerprint density at radius 2 is 2.05 bits per heavy atom. The zero-order valence-corrected chi connectivity index (χ0v) is 13.5. The number of ether oxygens (including phenoxy) is 1. The van der Waals surface area contributed by atoms with Crippen molar-refractivity contribution in [1.29, 1.82) is 0 Å². The molecule has 0 bridgehead atoms. The monoisotopic (exact) mass is 293 g/mol. The van der Waals surface area contributed by atoms with Crippen molar-refractivity contribution < 1.29 is 9.53 Å². The molecule has 0 spiro atoms. The number of nitrogen functional groups attached to an aromatic ring is 1. The summed E-state index contributed by atoms with van der Waals surface area (Å²) in [6, 6.07) is 5.56. The average molecular weight is 293 g/mol. The lowest BCUT2D eigenvalue weighted by Crippen LogP contribution is -2.41. The van der Waals surface area contributed by atoms with Crippen LogP contribution in [0.15, 0.2) is 18.2 Å². The number of anilines is 2. The van der Waals surface area contributed by atoms with Crippen LogP contribution in [0.5, 0.6) is 5.75 Å². The predicted molar refractivity (Wildman–Crippen MR) is 87.6 cm³/mol. The van der Waals surface area contributed by atoms with Crippen molar-refractivity contribution in [2.75, 3.05) is 24.2 Å². The lowest BCUT2D eigenvalue weighted by atomic mass is 10.1. The minimum atomic E-state index is -0.195. The van der Waals surface area contributed by atoms with E-state index in [2.05, 4.69) is 10.6 Å². The molecule has 0 fully saturated rings. The second-order valence-electron chi connectivity index (χ2n) is 6.08. The van der Waals surface area contributed by atoms with Crippen molar-refractivity contribution in [2.45, 2.75) is 46.1 Å². The Balaban J connectivity index is 2.47. The molecule has 0 radical (unpaired) electrons. The van der Waals surface area contributed by atoms with Gasteiger partial charge in [-0.25, -0.2) is 0 Å². The molecule has 1 aromatic rings. The van der Waals surface area contributed by atoms with E-state index in [0.717, 1.165) is 12.1 Å². The van der Waals surface area contributed by atoms with Crippen LogP contribution in [0, 0.1) is 0 Å². The van der Waals surface area contributed by atoms with Crippen molar-refractivity contribution in [1.82, 2.24) is 5.32 Å². The van der Waals surface area contributed by atoms with E-state index in [0.29, 0.717) is 31.0 Å². The maximum absolute atomic E-state index is 11.7. The molecule has 0 heterocycles. The molecule has 1 aromatic carbocycles. The molecule has 0 aromatic heterocycles. The van der Waals surface area contributed by atoms with Crippen molar-refractivity contribution in [3.63, 3.8) is 0 Å². The number of hydrogen-bond acceptors (Lipinski definition) is 4. The molecule has 21 heavy (non-hydrogen) atoms. The number of nitrogens with one attached hydrogen (secondary N) is 2. The van der Waals surface area contributed by atoms with Gasteiger partial charge in [0.1, 0.15) is 5.75 Å². The smallest absolute Gasteiger partial charge is 0.222 e. The number of hydrogen-bond donors (Lipinski definition) is 3. The van der Waals surface area contributed by atoms with Crippen LogP contribution in [0.3, 0.4) is 0 Å². The fourth-order valence-electron chi connectivity index (χ4n) is 1.78. The Labute approximate surface area is 127 Å². The molecular weight excluding hydrogens is 266 g/mol. The summed E-state index contributed by atoms with van der Waals surface area (Å²) >= 11 is 0. The van der Waals surface area contributed by atoms with Crippen molar-refractivity contribution in [3.8, 4) is 5.75 Å². The highest BCUT2D eigenvalue weighted by molar-refractivity contribution is 5.77. The van der Waals surface area contributed by atoms with E-state index in [1.165, 1.54) is 0 Å². The van der Waals surface area contributed by atoms with Crippen LogP contribution < -0.4 is 21.1 Å². The Hall–Kier alpha value is -1.91. The first-order valence-corrected chi connectivity index (χ1v) is 7.39. The third-order valence-corrected chi connectivity index (χ3v) is 2.67. The number of carbonyl (C=O) groups is 1. The summed E-state index contributed by atoms with van der Waals surface area (Å²) in [4.78, 5) is 11.7. The summed E-state index contributed by atoms with van der Waals surface area (Å²) in [5, 5.41) is 6.14. The van der Waals surface area contributed by atoms with Crippen LogP contribution in [0.4, 0.5) is 11.4 Å². The number of rotatable bonds is 7. The summed E-state index contributed by atoms with van der Waals surface area (Å²) in [5.41, 5.74) is 7.19. The van der Waals surface area contributed by atoms with E-state index in [4.69, 9.17) is 10.5 Å². The van der Waals surface area contributed by atoms with Gasteiger partial charge in [-0.15, -0.1) is 0 Å². The summed E-state index contributed by atoms with van der Waals surface area (Å²) in [7, 11) is 0. The van der Waals surface area contributed by atoms with E-state index >= 15 is 0 Å². The Morgan fingerprint density at radius 3 is 2.67 bits per heavy atom. The molecule has 5 nitrogen and oxygen atoms in total. The van der Waals surface area contributed by atoms with E-state index in [1.807, 2.05) is 45.9 Å². The van der Waals surface area contributed by atoms with Gasteiger partial charge in [-0.2, -0.15) is 0 Å². The molecule has 0 aliphatic heterocycles. The third kappa shape index (κ3) is 6.88. The molecule has 0 saturated carbocycles. The first-order valence-electron chi connectivity index (χ1n) is 7.39. The lowest BCUT2D eigenvalue weighted by molar-refractivity contribution is -0.122. The number of nitrogens with two attached hydrogens (primary N) is 1. The van der Waals surface area contributed by atoms with E-state index < -0.39 is 0 Å². The zero-order chi connectivity index (χ0) is 15.9. The molecular formula is C16H27N3O2. The van der Waals surface area contributed by atoms with E-state index in [1.54, 1.807) is 0 Å². The fourth-order valence-corrected chi connectivity index (χ4v) is 1.78. The Bertz CT molecular complexity index is 467. The quantitative estimate of drug-likeness (QED) is 0.676. The minimum Gasteiger partial charge on any atom is -0.491 e. The molecule has 118 valence electrons. The molecule has 0 saturated heterocycles. The van der Waals surface area contributed by atoms with Gasteiger partial charge < -0.3 is 21.1 Å². The van der Waals surface area contributed by atoms with Gasteiger partial charge in [-0.1, -0.05) is 6.92 Å².